The van der Waals surface area contributed by atoms with Gasteiger partial charge in [0.2, 0.25) is 0 Å². The minimum Gasteiger partial charge on any atom is -0.271 e. The summed E-state index contributed by atoms with van der Waals surface area (Å²) < 4.78 is 13.3. The second-order valence-corrected chi connectivity index (χ2v) is 5.04. The molecule has 0 aliphatic carbocycles. The van der Waals surface area contributed by atoms with E-state index in [4.69, 9.17) is 5.84 Å². The van der Waals surface area contributed by atoms with Crippen molar-refractivity contribution in [3.63, 3.8) is 0 Å². The molecule has 0 bridgehead atoms. The lowest BCUT2D eigenvalue weighted by Gasteiger charge is -2.18. The number of hydrogen-bond acceptors (Lipinski definition) is 3. The number of rotatable bonds is 4. The van der Waals surface area contributed by atoms with Gasteiger partial charge in [-0.25, -0.2) is 4.39 Å². The van der Waals surface area contributed by atoms with Gasteiger partial charge < -0.3 is 0 Å². The molecule has 1 atom stereocenters. The molecule has 2 aromatic rings. The van der Waals surface area contributed by atoms with Crippen LogP contribution in [0.15, 0.2) is 35.7 Å². The van der Waals surface area contributed by atoms with Gasteiger partial charge in [-0.3, -0.25) is 11.3 Å². The molecule has 0 fully saturated rings. The summed E-state index contributed by atoms with van der Waals surface area (Å²) in [5, 5.41) is 2.03. The number of halogens is 1. The molecule has 0 spiro atoms. The molecular formula is C13H15FN2S. The Morgan fingerprint density at radius 1 is 1.41 bits per heavy atom. The molecule has 1 heterocycles. The van der Waals surface area contributed by atoms with Crippen LogP contribution >= 0.6 is 11.3 Å². The molecule has 2 rings (SSSR count). The van der Waals surface area contributed by atoms with Crippen molar-refractivity contribution in [2.75, 3.05) is 0 Å². The van der Waals surface area contributed by atoms with Crippen LogP contribution in [0.2, 0.25) is 0 Å². The maximum Gasteiger partial charge on any atom is 0.123 e. The lowest BCUT2D eigenvalue weighted by Crippen LogP contribution is -2.30. The van der Waals surface area contributed by atoms with Gasteiger partial charge in [-0.15, -0.1) is 11.3 Å². The third kappa shape index (κ3) is 2.91. The predicted molar refractivity (Wildman–Crippen MR) is 69.2 cm³/mol. The van der Waals surface area contributed by atoms with Crippen molar-refractivity contribution >= 4 is 11.3 Å². The summed E-state index contributed by atoms with van der Waals surface area (Å²) in [4.78, 5) is 1.23. The minimum absolute atomic E-state index is 0.0515. The van der Waals surface area contributed by atoms with Crippen molar-refractivity contribution in [1.29, 1.82) is 0 Å². The van der Waals surface area contributed by atoms with Gasteiger partial charge in [-0.1, -0.05) is 12.1 Å². The molecule has 1 unspecified atom stereocenters. The summed E-state index contributed by atoms with van der Waals surface area (Å²) in [6, 6.07) is 8.81. The molecule has 0 radical (unpaired) electrons. The topological polar surface area (TPSA) is 38.0 Å². The van der Waals surface area contributed by atoms with E-state index in [0.717, 1.165) is 17.5 Å². The largest absolute Gasteiger partial charge is 0.271 e. The summed E-state index contributed by atoms with van der Waals surface area (Å²) in [6.45, 7) is 1.97. The second-order valence-electron chi connectivity index (χ2n) is 4.00. The van der Waals surface area contributed by atoms with Crippen LogP contribution in [-0.4, -0.2) is 0 Å². The smallest absolute Gasteiger partial charge is 0.123 e. The van der Waals surface area contributed by atoms with Gasteiger partial charge >= 0.3 is 0 Å². The lowest BCUT2D eigenvalue weighted by atomic mass is 9.98. The highest BCUT2D eigenvalue weighted by molar-refractivity contribution is 7.09. The molecule has 2 nitrogen and oxygen atoms in total. The predicted octanol–water partition coefficient (Wildman–Crippen LogP) is 2.94. The van der Waals surface area contributed by atoms with Gasteiger partial charge in [-0.05, 0) is 41.6 Å². The van der Waals surface area contributed by atoms with E-state index >= 15 is 0 Å². The number of nitrogens with one attached hydrogen (secondary N) is 1. The van der Waals surface area contributed by atoms with Crippen molar-refractivity contribution in [2.45, 2.75) is 19.4 Å². The molecule has 4 heteroatoms. The Kier molecular flexibility index (Phi) is 3.89. The lowest BCUT2D eigenvalue weighted by molar-refractivity contribution is 0.545. The molecule has 0 saturated heterocycles. The van der Waals surface area contributed by atoms with E-state index in [0.29, 0.717) is 0 Å². The average Bonchev–Trinajstić information content (AvgIpc) is 2.82. The van der Waals surface area contributed by atoms with E-state index in [1.807, 2.05) is 18.4 Å². The van der Waals surface area contributed by atoms with Gasteiger partial charge in [0.05, 0.1) is 6.04 Å². The first-order valence-corrected chi connectivity index (χ1v) is 6.33. The van der Waals surface area contributed by atoms with Crippen LogP contribution < -0.4 is 11.3 Å². The Morgan fingerprint density at radius 3 is 2.88 bits per heavy atom. The summed E-state index contributed by atoms with van der Waals surface area (Å²) >= 11 is 1.68. The first-order valence-electron chi connectivity index (χ1n) is 5.45. The Bertz CT molecular complexity index is 482. The zero-order chi connectivity index (χ0) is 12.3. The van der Waals surface area contributed by atoms with E-state index < -0.39 is 0 Å². The monoisotopic (exact) mass is 250 g/mol. The van der Waals surface area contributed by atoms with Crippen molar-refractivity contribution in [1.82, 2.24) is 5.43 Å². The highest BCUT2D eigenvalue weighted by Crippen LogP contribution is 2.24. The maximum atomic E-state index is 13.3. The van der Waals surface area contributed by atoms with Crippen LogP contribution in [0.1, 0.15) is 22.0 Å². The molecule has 3 N–H and O–H groups in total. The molecule has 0 aliphatic heterocycles. The number of nitrogens with two attached hydrogens (primary N) is 1. The van der Waals surface area contributed by atoms with Crippen molar-refractivity contribution in [2.24, 2.45) is 5.84 Å². The first-order chi connectivity index (χ1) is 8.20. The Morgan fingerprint density at radius 2 is 2.24 bits per heavy atom. The van der Waals surface area contributed by atoms with E-state index in [1.54, 1.807) is 23.5 Å². The SMILES string of the molecule is Cc1ccc(F)cc1C(Cc1cccs1)NN. The fourth-order valence-corrected chi connectivity index (χ4v) is 2.63. The zero-order valence-electron chi connectivity index (χ0n) is 9.61. The van der Waals surface area contributed by atoms with E-state index in [9.17, 15) is 4.39 Å². The van der Waals surface area contributed by atoms with Gasteiger partial charge in [0.1, 0.15) is 5.82 Å². The highest BCUT2D eigenvalue weighted by Gasteiger charge is 2.14. The van der Waals surface area contributed by atoms with Crippen LogP contribution in [0.5, 0.6) is 0 Å². The Balaban J connectivity index is 2.25. The van der Waals surface area contributed by atoms with Crippen LogP contribution in [0, 0.1) is 12.7 Å². The number of hydrazine groups is 1. The number of aryl methyl sites for hydroxylation is 1. The summed E-state index contributed by atoms with van der Waals surface area (Å²) in [7, 11) is 0. The normalized spacial score (nSPS) is 12.6. The standard InChI is InChI=1S/C13H15FN2S/c1-9-4-5-10(14)7-12(9)13(16-15)8-11-3-2-6-17-11/h2-7,13,16H,8,15H2,1H3. The molecule has 1 aromatic heterocycles. The summed E-state index contributed by atoms with van der Waals surface area (Å²) in [6.07, 6.45) is 0.776. The van der Waals surface area contributed by atoms with Crippen molar-refractivity contribution < 1.29 is 4.39 Å². The number of thiophene rings is 1. The third-order valence-corrected chi connectivity index (χ3v) is 3.70. The fraction of sp³-hybridized carbons (Fsp3) is 0.231. The van der Waals surface area contributed by atoms with Gasteiger partial charge in [0.15, 0.2) is 0 Å². The third-order valence-electron chi connectivity index (χ3n) is 2.80. The number of benzene rings is 1. The van der Waals surface area contributed by atoms with Gasteiger partial charge in [0, 0.05) is 11.3 Å². The van der Waals surface area contributed by atoms with E-state index in [-0.39, 0.29) is 11.9 Å². The fourth-order valence-electron chi connectivity index (χ4n) is 1.88. The first kappa shape index (κ1) is 12.2. The Labute approximate surface area is 104 Å². The van der Waals surface area contributed by atoms with Crippen LogP contribution in [0.25, 0.3) is 0 Å². The maximum absolute atomic E-state index is 13.3. The van der Waals surface area contributed by atoms with Gasteiger partial charge in [-0.2, -0.15) is 0 Å². The molecule has 1 aromatic carbocycles. The quantitative estimate of drug-likeness (QED) is 0.647. The minimum atomic E-state index is -0.225. The second kappa shape index (κ2) is 5.40. The van der Waals surface area contributed by atoms with Crippen molar-refractivity contribution in [3.05, 3.63) is 57.5 Å². The van der Waals surface area contributed by atoms with E-state index in [2.05, 4.69) is 11.5 Å². The van der Waals surface area contributed by atoms with Gasteiger partial charge in [0.25, 0.3) is 0 Å². The van der Waals surface area contributed by atoms with Crippen molar-refractivity contribution in [3.8, 4) is 0 Å². The molecule has 90 valence electrons. The molecular weight excluding hydrogens is 235 g/mol. The van der Waals surface area contributed by atoms with Crippen LogP contribution in [-0.2, 0) is 6.42 Å². The van der Waals surface area contributed by atoms with E-state index in [1.165, 1.54) is 10.9 Å². The molecule has 0 amide bonds. The zero-order valence-corrected chi connectivity index (χ0v) is 10.4. The average molecular weight is 250 g/mol. The molecule has 0 aliphatic rings. The summed E-state index contributed by atoms with van der Waals surface area (Å²) in [5.74, 6) is 5.35. The van der Waals surface area contributed by atoms with Crippen LogP contribution in [0.3, 0.4) is 0 Å². The Hall–Kier alpha value is -1.23. The van der Waals surface area contributed by atoms with Crippen LogP contribution in [0.4, 0.5) is 4.39 Å². The molecule has 0 saturated carbocycles. The molecule has 17 heavy (non-hydrogen) atoms. The summed E-state index contributed by atoms with van der Waals surface area (Å²) in [5.41, 5.74) is 4.73. The number of hydrogen-bond donors (Lipinski definition) is 2. The highest BCUT2D eigenvalue weighted by atomic mass is 32.1.